The molecule has 1 unspecified atom stereocenters. The quantitative estimate of drug-likeness (QED) is 0.534. The zero-order valence-electron chi connectivity index (χ0n) is 7.61. The van der Waals surface area contributed by atoms with E-state index in [1.165, 1.54) is 6.92 Å². The Bertz CT molecular complexity index is 262. The molecule has 3 N–H and O–H groups in total. The van der Waals surface area contributed by atoms with Gasteiger partial charge in [-0.05, 0) is 6.92 Å². The van der Waals surface area contributed by atoms with Crippen LogP contribution in [0.2, 0.25) is 0 Å². The van der Waals surface area contributed by atoms with Crippen LogP contribution in [0.15, 0.2) is 0 Å². The average molecular weight is 210 g/mol. The van der Waals surface area contributed by atoms with Crippen LogP contribution in [0.4, 0.5) is 0 Å². The topological polar surface area (TPSA) is 98.5 Å². The maximum absolute atomic E-state index is 11.2. The average Bonchev–Trinajstić information content (AvgIpc) is 2.12. The summed E-state index contributed by atoms with van der Waals surface area (Å²) in [6.07, 6.45) is 0. The summed E-state index contributed by atoms with van der Waals surface area (Å²) in [6.45, 7) is 1.56. The molecular weight excluding hydrogens is 196 g/mol. The molecule has 0 aromatic heterocycles. The predicted molar refractivity (Wildman–Crippen MR) is 47.5 cm³/mol. The minimum Gasteiger partial charge on any atom is -0.468 e. The minimum atomic E-state index is -3.64. The van der Waals surface area contributed by atoms with Crippen molar-refractivity contribution in [2.24, 2.45) is 5.73 Å². The summed E-state index contributed by atoms with van der Waals surface area (Å²) >= 11 is 0. The van der Waals surface area contributed by atoms with Crippen molar-refractivity contribution in [3.63, 3.8) is 0 Å². The summed E-state index contributed by atoms with van der Waals surface area (Å²) in [4.78, 5) is 10.8. The molecule has 0 saturated carbocycles. The molecule has 0 aromatic carbocycles. The van der Waals surface area contributed by atoms with Gasteiger partial charge in [-0.1, -0.05) is 0 Å². The molecule has 0 heterocycles. The second kappa shape index (κ2) is 5.15. The molecule has 0 radical (unpaired) electrons. The molecule has 1 atom stereocenters. The second-order valence-corrected chi connectivity index (χ2v) is 4.48. The van der Waals surface area contributed by atoms with Gasteiger partial charge in [-0.25, -0.2) is 13.1 Å². The maximum atomic E-state index is 11.2. The summed E-state index contributed by atoms with van der Waals surface area (Å²) < 4.78 is 28.9. The van der Waals surface area contributed by atoms with Gasteiger partial charge in [0.15, 0.2) is 5.25 Å². The molecule has 0 aliphatic heterocycles. The lowest BCUT2D eigenvalue weighted by atomic mass is 10.5. The first-order valence-electron chi connectivity index (χ1n) is 3.72. The molecule has 0 spiro atoms. The number of ether oxygens (including phenoxy) is 1. The number of nitrogens with two attached hydrogens (primary N) is 1. The molecule has 0 aromatic rings. The molecule has 0 fully saturated rings. The van der Waals surface area contributed by atoms with Gasteiger partial charge in [-0.3, -0.25) is 4.79 Å². The van der Waals surface area contributed by atoms with E-state index in [-0.39, 0.29) is 13.1 Å². The van der Waals surface area contributed by atoms with Crippen molar-refractivity contribution in [3.8, 4) is 0 Å². The Hall–Kier alpha value is -0.660. The lowest BCUT2D eigenvalue weighted by Crippen LogP contribution is -2.40. The van der Waals surface area contributed by atoms with Gasteiger partial charge >= 0.3 is 5.97 Å². The molecule has 0 saturated heterocycles. The maximum Gasteiger partial charge on any atom is 0.325 e. The van der Waals surface area contributed by atoms with Crippen molar-refractivity contribution < 1.29 is 17.9 Å². The van der Waals surface area contributed by atoms with Crippen molar-refractivity contribution in [1.82, 2.24) is 4.72 Å². The van der Waals surface area contributed by atoms with E-state index in [0.717, 1.165) is 7.11 Å². The molecule has 0 bridgehead atoms. The van der Waals surface area contributed by atoms with Crippen LogP contribution in [-0.2, 0) is 19.6 Å². The molecule has 0 aliphatic rings. The highest BCUT2D eigenvalue weighted by molar-refractivity contribution is 7.90. The monoisotopic (exact) mass is 210 g/mol. The molecule has 0 rings (SSSR count). The van der Waals surface area contributed by atoms with Crippen molar-refractivity contribution in [3.05, 3.63) is 0 Å². The molecule has 6 nitrogen and oxygen atoms in total. The van der Waals surface area contributed by atoms with Crippen molar-refractivity contribution in [2.75, 3.05) is 20.2 Å². The van der Waals surface area contributed by atoms with Crippen LogP contribution in [0.3, 0.4) is 0 Å². The number of hydrogen-bond acceptors (Lipinski definition) is 5. The second-order valence-electron chi connectivity index (χ2n) is 2.39. The van der Waals surface area contributed by atoms with Crippen LogP contribution in [0.1, 0.15) is 6.92 Å². The third-order valence-corrected chi connectivity index (χ3v) is 3.18. The minimum absolute atomic E-state index is 0.115. The van der Waals surface area contributed by atoms with Gasteiger partial charge in [-0.2, -0.15) is 0 Å². The van der Waals surface area contributed by atoms with Gasteiger partial charge < -0.3 is 10.5 Å². The number of esters is 1. The number of carbonyl (C=O) groups excluding carboxylic acids is 1. The number of nitrogens with one attached hydrogen (secondary N) is 1. The number of rotatable bonds is 5. The smallest absolute Gasteiger partial charge is 0.325 e. The largest absolute Gasteiger partial charge is 0.468 e. The fourth-order valence-corrected chi connectivity index (χ4v) is 1.62. The highest BCUT2D eigenvalue weighted by atomic mass is 32.2. The number of carbonyl (C=O) groups is 1. The summed E-state index contributed by atoms with van der Waals surface area (Å²) in [6, 6.07) is 0. The number of hydrogen-bond donors (Lipinski definition) is 2. The summed E-state index contributed by atoms with van der Waals surface area (Å²) in [5.74, 6) is -0.787. The van der Waals surface area contributed by atoms with Gasteiger partial charge in [-0.15, -0.1) is 0 Å². The Morgan fingerprint density at radius 2 is 2.15 bits per heavy atom. The summed E-state index contributed by atoms with van der Waals surface area (Å²) in [5, 5.41) is -1.20. The van der Waals surface area contributed by atoms with Crippen LogP contribution in [0.5, 0.6) is 0 Å². The lowest BCUT2D eigenvalue weighted by molar-refractivity contribution is -0.139. The van der Waals surface area contributed by atoms with E-state index in [0.29, 0.717) is 0 Å². The Labute approximate surface area is 77.5 Å². The molecule has 0 amide bonds. The van der Waals surface area contributed by atoms with E-state index in [4.69, 9.17) is 5.73 Å². The van der Waals surface area contributed by atoms with E-state index in [1.54, 1.807) is 0 Å². The van der Waals surface area contributed by atoms with Crippen molar-refractivity contribution in [2.45, 2.75) is 12.2 Å². The first-order chi connectivity index (χ1) is 5.95. The first-order valence-corrected chi connectivity index (χ1v) is 5.26. The zero-order valence-corrected chi connectivity index (χ0v) is 8.43. The van der Waals surface area contributed by atoms with Gasteiger partial charge in [0.05, 0.1) is 7.11 Å². The SMILES string of the molecule is COC(=O)C(C)S(=O)(=O)NCCN. The lowest BCUT2D eigenvalue weighted by Gasteiger charge is -2.10. The van der Waals surface area contributed by atoms with Gasteiger partial charge in [0.2, 0.25) is 10.0 Å². The Balaban J connectivity index is 4.37. The zero-order chi connectivity index (χ0) is 10.5. The summed E-state index contributed by atoms with van der Waals surface area (Å²) in [5.41, 5.74) is 5.10. The molecular formula is C6H14N2O4S. The third kappa shape index (κ3) is 3.71. The normalized spacial score (nSPS) is 13.8. The standard InChI is InChI=1S/C6H14N2O4S/c1-5(6(9)12-2)13(10,11)8-4-3-7/h5,8H,3-4,7H2,1-2H3. The third-order valence-electron chi connectivity index (χ3n) is 1.45. The number of methoxy groups -OCH3 is 1. The van der Waals surface area contributed by atoms with Gasteiger partial charge in [0.25, 0.3) is 0 Å². The van der Waals surface area contributed by atoms with E-state index in [2.05, 4.69) is 9.46 Å². The molecule has 7 heteroatoms. The van der Waals surface area contributed by atoms with Crippen LogP contribution in [-0.4, -0.2) is 39.8 Å². The Morgan fingerprint density at radius 1 is 1.62 bits per heavy atom. The summed E-state index contributed by atoms with van der Waals surface area (Å²) in [7, 11) is -2.50. The number of sulfonamides is 1. The van der Waals surface area contributed by atoms with E-state index in [1.807, 2.05) is 0 Å². The molecule has 78 valence electrons. The van der Waals surface area contributed by atoms with Gasteiger partial charge in [0.1, 0.15) is 0 Å². The van der Waals surface area contributed by atoms with Crippen LogP contribution < -0.4 is 10.5 Å². The van der Waals surface area contributed by atoms with E-state index < -0.39 is 21.2 Å². The van der Waals surface area contributed by atoms with Gasteiger partial charge in [0, 0.05) is 13.1 Å². The van der Waals surface area contributed by atoms with Crippen LogP contribution in [0.25, 0.3) is 0 Å². The molecule has 13 heavy (non-hydrogen) atoms. The fraction of sp³-hybridized carbons (Fsp3) is 0.833. The van der Waals surface area contributed by atoms with E-state index in [9.17, 15) is 13.2 Å². The fourth-order valence-electron chi connectivity index (χ4n) is 0.619. The van der Waals surface area contributed by atoms with Crippen LogP contribution in [0, 0.1) is 0 Å². The highest BCUT2D eigenvalue weighted by Crippen LogP contribution is 1.99. The van der Waals surface area contributed by atoms with E-state index >= 15 is 0 Å². The van der Waals surface area contributed by atoms with Crippen LogP contribution >= 0.6 is 0 Å². The molecule has 0 aliphatic carbocycles. The highest BCUT2D eigenvalue weighted by Gasteiger charge is 2.27. The Morgan fingerprint density at radius 3 is 2.54 bits per heavy atom. The van der Waals surface area contributed by atoms with Crippen molar-refractivity contribution in [1.29, 1.82) is 0 Å². The first kappa shape index (κ1) is 12.3. The van der Waals surface area contributed by atoms with Crippen molar-refractivity contribution >= 4 is 16.0 Å². The predicted octanol–water partition coefficient (Wildman–Crippen LogP) is -1.57. The Kier molecular flexibility index (Phi) is 4.89.